The first kappa shape index (κ1) is 19.2. The number of benzene rings is 1. The average molecular weight is 369 g/mol. The fourth-order valence-corrected chi connectivity index (χ4v) is 4.77. The van der Waals surface area contributed by atoms with E-state index in [1.165, 1.54) is 29.2 Å². The molecule has 0 saturated carbocycles. The zero-order valence-electron chi connectivity index (χ0n) is 14.6. The number of rotatable bonds is 3. The van der Waals surface area contributed by atoms with E-state index < -0.39 is 38.8 Å². The molecule has 2 rings (SSSR count). The van der Waals surface area contributed by atoms with Crippen molar-refractivity contribution < 1.29 is 27.9 Å². The third-order valence-electron chi connectivity index (χ3n) is 4.06. The molecule has 0 aliphatic carbocycles. The lowest BCUT2D eigenvalue weighted by molar-refractivity contribution is -0.141. The van der Waals surface area contributed by atoms with E-state index in [2.05, 4.69) is 0 Å². The number of hydrogen-bond donors (Lipinski definition) is 1. The highest BCUT2D eigenvalue weighted by molar-refractivity contribution is 7.93. The van der Waals surface area contributed by atoms with Gasteiger partial charge >= 0.3 is 12.1 Å². The first-order chi connectivity index (χ1) is 11.5. The minimum atomic E-state index is -4.18. The highest BCUT2D eigenvalue weighted by atomic mass is 32.2. The van der Waals surface area contributed by atoms with Crippen LogP contribution >= 0.6 is 0 Å². The maximum absolute atomic E-state index is 13.0. The molecule has 1 aromatic carbocycles. The lowest BCUT2D eigenvalue weighted by Crippen LogP contribution is -2.59. The normalized spacial score (nSPS) is 21.6. The van der Waals surface area contributed by atoms with Crippen molar-refractivity contribution >= 4 is 21.9 Å². The summed E-state index contributed by atoms with van der Waals surface area (Å²) >= 11 is 0. The van der Waals surface area contributed by atoms with Crippen molar-refractivity contribution in [1.29, 1.82) is 0 Å². The van der Waals surface area contributed by atoms with Crippen molar-refractivity contribution in [2.75, 3.05) is 13.1 Å². The molecule has 1 N–H and O–H groups in total. The molecule has 1 fully saturated rings. The van der Waals surface area contributed by atoms with Crippen molar-refractivity contribution in [2.45, 2.75) is 48.9 Å². The van der Waals surface area contributed by atoms with Crippen molar-refractivity contribution in [2.24, 2.45) is 0 Å². The van der Waals surface area contributed by atoms with Crippen LogP contribution in [0.25, 0.3) is 0 Å². The number of carbonyl (C=O) groups is 2. The number of carboxylic acids is 1. The molecule has 8 heteroatoms. The minimum absolute atomic E-state index is 0.0567. The molecule has 0 aromatic heterocycles. The number of nitrogens with zero attached hydrogens (tertiary/aromatic N) is 1. The lowest BCUT2D eigenvalue weighted by atomic mass is 9.97. The molecule has 0 spiro atoms. The Kier molecular flexibility index (Phi) is 5.13. The van der Waals surface area contributed by atoms with Crippen molar-refractivity contribution in [3.05, 3.63) is 30.3 Å². The van der Waals surface area contributed by atoms with Crippen LogP contribution in [0.4, 0.5) is 4.79 Å². The predicted octanol–water partition coefficient (Wildman–Crippen LogP) is 2.31. The zero-order chi connectivity index (χ0) is 18.9. The number of sulfone groups is 1. The summed E-state index contributed by atoms with van der Waals surface area (Å²) in [5.41, 5.74) is -0.751. The highest BCUT2D eigenvalue weighted by Crippen LogP contribution is 2.35. The Morgan fingerprint density at radius 2 is 1.80 bits per heavy atom. The molecule has 1 aliphatic rings. The maximum Gasteiger partial charge on any atom is 0.410 e. The summed E-state index contributed by atoms with van der Waals surface area (Å²) in [5, 5.41) is 9.76. The molecule has 1 aliphatic heterocycles. The van der Waals surface area contributed by atoms with E-state index in [0.717, 1.165) is 0 Å². The fraction of sp³-hybridized carbons (Fsp3) is 0.529. The van der Waals surface area contributed by atoms with E-state index in [-0.39, 0.29) is 24.3 Å². The lowest BCUT2D eigenvalue weighted by Gasteiger charge is -2.39. The van der Waals surface area contributed by atoms with Crippen LogP contribution < -0.4 is 0 Å². The van der Waals surface area contributed by atoms with Gasteiger partial charge in [0.2, 0.25) is 0 Å². The van der Waals surface area contributed by atoms with Gasteiger partial charge in [0.25, 0.3) is 0 Å². The molecule has 0 radical (unpaired) electrons. The number of carbonyl (C=O) groups excluding carboxylic acids is 1. The van der Waals surface area contributed by atoms with Gasteiger partial charge in [0.1, 0.15) is 5.60 Å². The predicted molar refractivity (Wildman–Crippen MR) is 91.0 cm³/mol. The third-order valence-corrected chi connectivity index (χ3v) is 6.49. The van der Waals surface area contributed by atoms with E-state index in [1.807, 2.05) is 0 Å². The molecule has 25 heavy (non-hydrogen) atoms. The van der Waals surface area contributed by atoms with Crippen LogP contribution in [0.5, 0.6) is 0 Å². The van der Waals surface area contributed by atoms with Crippen LogP contribution in [0, 0.1) is 0 Å². The SMILES string of the molecule is CC(C)(C)OC(=O)N1CCCC(C(=O)O)(S(=O)(=O)c2ccccc2)C1. The van der Waals surface area contributed by atoms with Gasteiger partial charge in [-0.25, -0.2) is 13.2 Å². The number of ether oxygens (including phenoxy) is 1. The van der Waals surface area contributed by atoms with Crippen molar-refractivity contribution in [3.63, 3.8) is 0 Å². The summed E-state index contributed by atoms with van der Waals surface area (Å²) in [6, 6.07) is 7.47. The summed E-state index contributed by atoms with van der Waals surface area (Å²) in [5.74, 6) is -1.45. The number of amides is 1. The molecule has 7 nitrogen and oxygen atoms in total. The van der Waals surface area contributed by atoms with Crippen molar-refractivity contribution in [1.82, 2.24) is 4.90 Å². The molecule has 1 unspecified atom stereocenters. The van der Waals surface area contributed by atoms with Crippen LogP contribution in [0.2, 0.25) is 0 Å². The summed E-state index contributed by atoms with van der Waals surface area (Å²) in [7, 11) is -4.18. The number of carboxylic acid groups (broad SMARTS) is 1. The molecule has 1 aromatic rings. The van der Waals surface area contributed by atoms with Gasteiger partial charge in [-0.05, 0) is 45.7 Å². The number of piperidine rings is 1. The van der Waals surface area contributed by atoms with Gasteiger partial charge in [-0.2, -0.15) is 0 Å². The van der Waals surface area contributed by atoms with E-state index in [1.54, 1.807) is 26.8 Å². The second-order valence-corrected chi connectivity index (χ2v) is 9.38. The second kappa shape index (κ2) is 6.67. The fourth-order valence-electron chi connectivity index (χ4n) is 2.84. The monoisotopic (exact) mass is 369 g/mol. The Labute approximate surface area is 147 Å². The molecule has 1 heterocycles. The van der Waals surface area contributed by atoms with Gasteiger partial charge in [-0.15, -0.1) is 0 Å². The first-order valence-electron chi connectivity index (χ1n) is 8.01. The summed E-state index contributed by atoms with van der Waals surface area (Å²) in [6.07, 6.45) is -0.503. The first-order valence-corrected chi connectivity index (χ1v) is 9.49. The largest absolute Gasteiger partial charge is 0.480 e. The van der Waals surface area contributed by atoms with Crippen LogP contribution in [-0.4, -0.2) is 53.9 Å². The van der Waals surface area contributed by atoms with E-state index >= 15 is 0 Å². The van der Waals surface area contributed by atoms with Crippen LogP contribution in [0.1, 0.15) is 33.6 Å². The quantitative estimate of drug-likeness (QED) is 0.877. The Morgan fingerprint density at radius 1 is 1.20 bits per heavy atom. The zero-order valence-corrected chi connectivity index (χ0v) is 15.4. The molecule has 1 atom stereocenters. The van der Waals surface area contributed by atoms with Gasteiger partial charge in [-0.1, -0.05) is 18.2 Å². The van der Waals surface area contributed by atoms with Gasteiger partial charge in [0.05, 0.1) is 11.4 Å². The van der Waals surface area contributed by atoms with E-state index in [9.17, 15) is 23.1 Å². The summed E-state index contributed by atoms with van der Waals surface area (Å²) in [4.78, 5) is 25.4. The van der Waals surface area contributed by atoms with Crippen molar-refractivity contribution in [3.8, 4) is 0 Å². The number of likely N-dealkylation sites (tertiary alicyclic amines) is 1. The summed E-state index contributed by atoms with van der Waals surface area (Å²) in [6.45, 7) is 4.91. The molecule has 138 valence electrons. The van der Waals surface area contributed by atoms with Gasteiger partial charge in [-0.3, -0.25) is 4.79 Å². The summed E-state index contributed by atoms with van der Waals surface area (Å²) < 4.78 is 29.3. The molecule has 0 bridgehead atoms. The average Bonchev–Trinajstić information content (AvgIpc) is 2.53. The van der Waals surface area contributed by atoms with Crippen LogP contribution in [-0.2, 0) is 19.4 Å². The Balaban J connectivity index is 2.40. The number of hydrogen-bond acceptors (Lipinski definition) is 5. The number of aliphatic carboxylic acids is 1. The van der Waals surface area contributed by atoms with Crippen LogP contribution in [0.15, 0.2) is 35.2 Å². The second-order valence-electron chi connectivity index (χ2n) is 7.12. The van der Waals surface area contributed by atoms with E-state index in [4.69, 9.17) is 4.74 Å². The van der Waals surface area contributed by atoms with Gasteiger partial charge < -0.3 is 14.7 Å². The third kappa shape index (κ3) is 3.78. The highest BCUT2D eigenvalue weighted by Gasteiger charge is 2.55. The maximum atomic E-state index is 13.0. The topological polar surface area (TPSA) is 101 Å². The standard InChI is InChI=1S/C17H23NO6S/c1-16(2,3)24-15(21)18-11-7-10-17(12-18,14(19)20)25(22,23)13-8-5-4-6-9-13/h4-6,8-9H,7,10-12H2,1-3H3,(H,19,20). The minimum Gasteiger partial charge on any atom is -0.480 e. The molecule has 1 amide bonds. The Morgan fingerprint density at radius 3 is 2.32 bits per heavy atom. The smallest absolute Gasteiger partial charge is 0.410 e. The molecular weight excluding hydrogens is 346 g/mol. The van der Waals surface area contributed by atoms with Gasteiger partial charge in [0, 0.05) is 6.54 Å². The molecular formula is C17H23NO6S. The van der Waals surface area contributed by atoms with Crippen LogP contribution in [0.3, 0.4) is 0 Å². The Hall–Kier alpha value is -2.09. The van der Waals surface area contributed by atoms with E-state index in [0.29, 0.717) is 0 Å². The molecule has 1 saturated heterocycles. The Bertz CT molecular complexity index is 753. The van der Waals surface area contributed by atoms with Gasteiger partial charge in [0.15, 0.2) is 14.6 Å².